The molecule has 20 heavy (non-hydrogen) atoms. The predicted octanol–water partition coefficient (Wildman–Crippen LogP) is 4.34. The van der Waals surface area contributed by atoms with Crippen molar-refractivity contribution in [3.63, 3.8) is 0 Å². The molecule has 0 aliphatic heterocycles. The molecule has 4 rings (SSSR count). The molecule has 0 radical (unpaired) electrons. The van der Waals surface area contributed by atoms with Gasteiger partial charge in [-0.25, -0.2) is 0 Å². The summed E-state index contributed by atoms with van der Waals surface area (Å²) < 4.78 is 4.39. The van der Waals surface area contributed by atoms with Crippen molar-refractivity contribution in [1.29, 1.82) is 0 Å². The lowest BCUT2D eigenvalue weighted by Crippen LogP contribution is -1.93. The number of aromatic nitrogens is 2. The molecule has 0 aliphatic carbocycles. The highest BCUT2D eigenvalue weighted by molar-refractivity contribution is 6.12. The molecular formula is C18H16N2. The average Bonchev–Trinajstić information content (AvgIpc) is 3.05. The Morgan fingerprint density at radius 1 is 0.700 bits per heavy atom. The van der Waals surface area contributed by atoms with Crippen LogP contribution in [0.25, 0.3) is 32.9 Å². The smallest absolute Gasteiger partial charge is 0.0564 e. The van der Waals surface area contributed by atoms with Gasteiger partial charge in [0.05, 0.1) is 5.52 Å². The van der Waals surface area contributed by atoms with Gasteiger partial charge in [0.15, 0.2) is 0 Å². The third-order valence-corrected chi connectivity index (χ3v) is 4.10. The molecule has 0 N–H and O–H groups in total. The number of nitrogens with zero attached hydrogens (tertiary/aromatic N) is 2. The molecule has 2 heterocycles. The summed E-state index contributed by atoms with van der Waals surface area (Å²) in [6.45, 7) is 0. The van der Waals surface area contributed by atoms with Gasteiger partial charge in [-0.1, -0.05) is 30.3 Å². The first-order valence-electron chi connectivity index (χ1n) is 6.84. The summed E-state index contributed by atoms with van der Waals surface area (Å²) in [7, 11) is 4.21. The third kappa shape index (κ3) is 1.45. The van der Waals surface area contributed by atoms with E-state index in [0.29, 0.717) is 0 Å². The third-order valence-electron chi connectivity index (χ3n) is 4.10. The van der Waals surface area contributed by atoms with Crippen molar-refractivity contribution in [3.8, 4) is 11.3 Å². The van der Waals surface area contributed by atoms with Crippen molar-refractivity contribution in [2.75, 3.05) is 0 Å². The normalized spacial score (nSPS) is 11.5. The first-order valence-corrected chi connectivity index (χ1v) is 6.84. The van der Waals surface area contributed by atoms with Crippen LogP contribution in [0.5, 0.6) is 0 Å². The summed E-state index contributed by atoms with van der Waals surface area (Å²) in [5, 5.41) is 3.92. The van der Waals surface area contributed by atoms with Crippen molar-refractivity contribution in [1.82, 2.24) is 9.13 Å². The molecule has 0 amide bonds. The van der Waals surface area contributed by atoms with Crippen LogP contribution in [0.3, 0.4) is 0 Å². The second-order valence-electron chi connectivity index (χ2n) is 5.34. The number of aryl methyl sites for hydroxylation is 2. The van der Waals surface area contributed by atoms with Gasteiger partial charge in [-0.15, -0.1) is 0 Å². The average molecular weight is 260 g/mol. The zero-order chi connectivity index (χ0) is 13.7. The quantitative estimate of drug-likeness (QED) is 0.482. The van der Waals surface area contributed by atoms with E-state index >= 15 is 0 Å². The Kier molecular flexibility index (Phi) is 2.27. The second-order valence-corrected chi connectivity index (χ2v) is 5.34. The van der Waals surface area contributed by atoms with Crippen molar-refractivity contribution in [3.05, 3.63) is 60.9 Å². The largest absolute Gasteiger partial charge is 0.351 e. The minimum atomic E-state index is 1.25. The molecule has 2 heteroatoms. The predicted molar refractivity (Wildman–Crippen MR) is 84.8 cm³/mol. The molecular weight excluding hydrogens is 244 g/mol. The Labute approximate surface area is 117 Å². The molecule has 98 valence electrons. The van der Waals surface area contributed by atoms with E-state index in [4.69, 9.17) is 0 Å². The minimum absolute atomic E-state index is 1.25. The number of benzene rings is 2. The summed E-state index contributed by atoms with van der Waals surface area (Å²) in [5.74, 6) is 0. The Hall–Kier alpha value is -2.48. The maximum atomic E-state index is 2.21. The lowest BCUT2D eigenvalue weighted by Gasteiger charge is -2.11. The van der Waals surface area contributed by atoms with Gasteiger partial charge in [-0.2, -0.15) is 0 Å². The zero-order valence-electron chi connectivity index (χ0n) is 11.7. The van der Waals surface area contributed by atoms with E-state index in [2.05, 4.69) is 84.2 Å². The highest BCUT2D eigenvalue weighted by Gasteiger charge is 2.11. The Morgan fingerprint density at radius 3 is 2.35 bits per heavy atom. The number of fused-ring (bicyclic) bond motifs is 3. The van der Waals surface area contributed by atoms with Crippen molar-refractivity contribution in [2.24, 2.45) is 14.1 Å². The highest BCUT2D eigenvalue weighted by atomic mass is 14.9. The van der Waals surface area contributed by atoms with Gasteiger partial charge in [0, 0.05) is 48.5 Å². The summed E-state index contributed by atoms with van der Waals surface area (Å²) in [5.41, 5.74) is 3.85. The van der Waals surface area contributed by atoms with Crippen LogP contribution in [0, 0.1) is 0 Å². The van der Waals surface area contributed by atoms with Gasteiger partial charge in [0.25, 0.3) is 0 Å². The standard InChI is InChI=1S/C18H16N2/c1-19-11-4-7-16(19)15-6-3-5-13-8-9-14-10-12-20(2)18(14)17(13)15/h3-12H,1-2H3. The number of hydrogen-bond donors (Lipinski definition) is 0. The van der Waals surface area contributed by atoms with Crippen LogP contribution in [0.4, 0.5) is 0 Å². The highest BCUT2D eigenvalue weighted by Crippen LogP contribution is 2.34. The van der Waals surface area contributed by atoms with E-state index in [1.54, 1.807) is 0 Å². The van der Waals surface area contributed by atoms with Crippen LogP contribution < -0.4 is 0 Å². The van der Waals surface area contributed by atoms with Crippen LogP contribution in [0.2, 0.25) is 0 Å². The van der Waals surface area contributed by atoms with Crippen molar-refractivity contribution >= 4 is 21.7 Å². The van der Waals surface area contributed by atoms with Crippen LogP contribution in [0.15, 0.2) is 60.9 Å². The van der Waals surface area contributed by atoms with E-state index in [-0.39, 0.29) is 0 Å². The Balaban J connectivity index is 2.24. The maximum Gasteiger partial charge on any atom is 0.0564 e. The molecule has 0 saturated carbocycles. The Morgan fingerprint density at radius 2 is 1.55 bits per heavy atom. The molecule has 0 aliphatic rings. The van der Waals surface area contributed by atoms with Gasteiger partial charge in [0.1, 0.15) is 0 Å². The molecule has 0 spiro atoms. The molecule has 0 atom stereocenters. The van der Waals surface area contributed by atoms with Gasteiger partial charge >= 0.3 is 0 Å². The molecule has 0 unspecified atom stereocenters. The fourth-order valence-corrected chi connectivity index (χ4v) is 3.11. The van der Waals surface area contributed by atoms with Gasteiger partial charge in [-0.3, -0.25) is 0 Å². The Bertz CT molecular complexity index is 925. The fourth-order valence-electron chi connectivity index (χ4n) is 3.11. The van der Waals surface area contributed by atoms with E-state index in [1.165, 1.54) is 32.9 Å². The van der Waals surface area contributed by atoms with E-state index < -0.39 is 0 Å². The summed E-state index contributed by atoms with van der Waals surface area (Å²) in [6.07, 6.45) is 4.23. The molecule has 0 saturated heterocycles. The van der Waals surface area contributed by atoms with E-state index in [0.717, 1.165) is 0 Å². The lowest BCUT2D eigenvalue weighted by atomic mass is 10.00. The van der Waals surface area contributed by atoms with E-state index in [9.17, 15) is 0 Å². The summed E-state index contributed by atoms with van der Waals surface area (Å²) >= 11 is 0. The monoisotopic (exact) mass is 260 g/mol. The topological polar surface area (TPSA) is 9.86 Å². The summed E-state index contributed by atoms with van der Waals surface area (Å²) in [4.78, 5) is 0. The zero-order valence-corrected chi connectivity index (χ0v) is 11.7. The first-order chi connectivity index (χ1) is 9.75. The van der Waals surface area contributed by atoms with Gasteiger partial charge in [-0.05, 0) is 23.6 Å². The van der Waals surface area contributed by atoms with E-state index in [1.807, 2.05) is 0 Å². The SMILES string of the molecule is Cn1cccc1-c1cccc2ccc3ccn(C)c3c12. The fraction of sp³-hybridized carbons (Fsp3) is 0.111. The van der Waals surface area contributed by atoms with Gasteiger partial charge < -0.3 is 9.13 Å². The van der Waals surface area contributed by atoms with Crippen LogP contribution >= 0.6 is 0 Å². The van der Waals surface area contributed by atoms with Crippen LogP contribution in [-0.4, -0.2) is 9.13 Å². The van der Waals surface area contributed by atoms with Crippen LogP contribution in [-0.2, 0) is 14.1 Å². The lowest BCUT2D eigenvalue weighted by molar-refractivity contribution is 0.938. The molecule has 0 bridgehead atoms. The van der Waals surface area contributed by atoms with Gasteiger partial charge in [0.2, 0.25) is 0 Å². The number of rotatable bonds is 1. The molecule has 4 aromatic rings. The molecule has 2 aromatic carbocycles. The maximum absolute atomic E-state index is 2.21. The van der Waals surface area contributed by atoms with Crippen molar-refractivity contribution < 1.29 is 0 Å². The molecule has 2 nitrogen and oxygen atoms in total. The number of hydrogen-bond acceptors (Lipinski definition) is 0. The first kappa shape index (κ1) is 11.4. The van der Waals surface area contributed by atoms with Crippen LogP contribution in [0.1, 0.15) is 0 Å². The minimum Gasteiger partial charge on any atom is -0.351 e. The molecule has 0 fully saturated rings. The second kappa shape index (κ2) is 4.01. The van der Waals surface area contributed by atoms with Crippen molar-refractivity contribution in [2.45, 2.75) is 0 Å². The molecule has 2 aromatic heterocycles. The summed E-state index contributed by atoms with van der Waals surface area (Å²) in [6, 6.07) is 17.4.